The second-order valence-electron chi connectivity index (χ2n) is 4.35. The van der Waals surface area contributed by atoms with E-state index < -0.39 is 23.9 Å². The maximum absolute atomic E-state index is 12.7. The first kappa shape index (κ1) is 16.8. The highest BCUT2D eigenvalue weighted by Gasteiger charge is 2.33. The molecule has 0 N–H and O–H groups in total. The number of alkyl halides is 6. The van der Waals surface area contributed by atoms with Crippen molar-refractivity contribution >= 4 is 6.29 Å². The van der Waals surface area contributed by atoms with Crippen LogP contribution in [0.4, 0.5) is 26.3 Å². The lowest BCUT2D eigenvalue weighted by molar-refractivity contribution is -0.274. The summed E-state index contributed by atoms with van der Waals surface area (Å²) in [6.45, 7) is 0. The number of rotatable bonds is 3. The highest BCUT2D eigenvalue weighted by molar-refractivity contribution is 5.85. The molecule has 23 heavy (non-hydrogen) atoms. The SMILES string of the molecule is O=Cc1ncc(C(F)(F)F)cc1-c1cccc(OC(F)(F)F)c1. The van der Waals surface area contributed by atoms with Crippen LogP contribution in [-0.4, -0.2) is 17.6 Å². The zero-order chi connectivity index (χ0) is 17.3. The molecule has 1 aromatic heterocycles. The van der Waals surface area contributed by atoms with Crippen LogP contribution in [0.15, 0.2) is 36.5 Å². The van der Waals surface area contributed by atoms with Gasteiger partial charge in [-0.3, -0.25) is 9.78 Å². The van der Waals surface area contributed by atoms with E-state index in [1.807, 2.05) is 0 Å². The Kier molecular flexibility index (Phi) is 4.31. The van der Waals surface area contributed by atoms with Crippen LogP contribution in [-0.2, 0) is 6.18 Å². The number of ether oxygens (including phenoxy) is 1. The van der Waals surface area contributed by atoms with Gasteiger partial charge in [0.2, 0.25) is 0 Å². The second-order valence-corrected chi connectivity index (χ2v) is 4.35. The van der Waals surface area contributed by atoms with Gasteiger partial charge in [0.05, 0.1) is 5.56 Å². The third kappa shape index (κ3) is 4.21. The predicted octanol–water partition coefficient (Wildman–Crippen LogP) is 4.48. The number of pyridine rings is 1. The largest absolute Gasteiger partial charge is 0.573 e. The molecule has 0 unspecified atom stereocenters. The van der Waals surface area contributed by atoms with Crippen molar-refractivity contribution in [1.82, 2.24) is 4.98 Å². The molecule has 122 valence electrons. The fourth-order valence-corrected chi connectivity index (χ4v) is 1.82. The summed E-state index contributed by atoms with van der Waals surface area (Å²) in [5.41, 5.74) is -1.77. The molecular formula is C14H7F6NO2. The Labute approximate surface area is 125 Å². The van der Waals surface area contributed by atoms with E-state index in [0.29, 0.717) is 12.3 Å². The number of hydrogen-bond acceptors (Lipinski definition) is 3. The molecule has 0 fully saturated rings. The Morgan fingerprint density at radius 2 is 1.74 bits per heavy atom. The lowest BCUT2D eigenvalue weighted by Gasteiger charge is -2.12. The van der Waals surface area contributed by atoms with Crippen LogP contribution in [0.1, 0.15) is 16.1 Å². The third-order valence-corrected chi connectivity index (χ3v) is 2.74. The molecule has 1 heterocycles. The van der Waals surface area contributed by atoms with Crippen LogP contribution < -0.4 is 4.74 Å². The van der Waals surface area contributed by atoms with E-state index in [9.17, 15) is 31.1 Å². The normalized spacial score (nSPS) is 12.1. The highest BCUT2D eigenvalue weighted by Crippen LogP contribution is 2.34. The molecule has 0 aliphatic rings. The van der Waals surface area contributed by atoms with E-state index >= 15 is 0 Å². The molecule has 9 heteroatoms. The molecule has 0 spiro atoms. The van der Waals surface area contributed by atoms with Gasteiger partial charge in [-0.15, -0.1) is 13.2 Å². The first-order valence-corrected chi connectivity index (χ1v) is 5.99. The minimum atomic E-state index is -4.95. The molecular weight excluding hydrogens is 328 g/mol. The third-order valence-electron chi connectivity index (χ3n) is 2.74. The summed E-state index contributed by atoms with van der Waals surface area (Å²) in [6, 6.07) is 4.90. The maximum Gasteiger partial charge on any atom is 0.573 e. The molecule has 0 aliphatic carbocycles. The number of hydrogen-bond donors (Lipinski definition) is 0. The first-order chi connectivity index (χ1) is 10.6. The lowest BCUT2D eigenvalue weighted by atomic mass is 10.0. The molecule has 0 saturated carbocycles. The van der Waals surface area contributed by atoms with E-state index in [1.54, 1.807) is 0 Å². The Morgan fingerprint density at radius 1 is 1.04 bits per heavy atom. The van der Waals surface area contributed by atoms with Crippen molar-refractivity contribution in [2.24, 2.45) is 0 Å². The standard InChI is InChI=1S/C14H7F6NO2/c15-13(16,17)9-5-11(12(7-22)21-6-9)8-2-1-3-10(4-8)23-14(18,19)20/h1-7H. The van der Waals surface area contributed by atoms with Crippen molar-refractivity contribution in [3.8, 4) is 16.9 Å². The molecule has 0 radical (unpaired) electrons. The second kappa shape index (κ2) is 5.90. The van der Waals surface area contributed by atoms with Gasteiger partial charge < -0.3 is 4.74 Å². The quantitative estimate of drug-likeness (QED) is 0.613. The summed E-state index contributed by atoms with van der Waals surface area (Å²) in [7, 11) is 0. The van der Waals surface area contributed by atoms with Gasteiger partial charge in [-0.25, -0.2) is 0 Å². The van der Waals surface area contributed by atoms with Gasteiger partial charge in [-0.1, -0.05) is 12.1 Å². The predicted molar refractivity (Wildman–Crippen MR) is 66.7 cm³/mol. The monoisotopic (exact) mass is 335 g/mol. The van der Waals surface area contributed by atoms with Crippen molar-refractivity contribution < 1.29 is 35.9 Å². The molecule has 0 saturated heterocycles. The molecule has 0 atom stereocenters. The summed E-state index contributed by atoms with van der Waals surface area (Å²) in [5, 5.41) is 0. The lowest BCUT2D eigenvalue weighted by Crippen LogP contribution is -2.17. The molecule has 3 nitrogen and oxygen atoms in total. The minimum Gasteiger partial charge on any atom is -0.406 e. The molecule has 1 aromatic carbocycles. The summed E-state index contributed by atoms with van der Waals surface area (Å²) < 4.78 is 78.5. The van der Waals surface area contributed by atoms with Gasteiger partial charge in [0, 0.05) is 11.8 Å². The van der Waals surface area contributed by atoms with Gasteiger partial charge in [0.15, 0.2) is 6.29 Å². The van der Waals surface area contributed by atoms with Gasteiger partial charge in [0.25, 0.3) is 0 Å². The average molecular weight is 335 g/mol. The number of aromatic nitrogens is 1. The van der Waals surface area contributed by atoms with Crippen LogP contribution >= 0.6 is 0 Å². The van der Waals surface area contributed by atoms with E-state index in [0.717, 1.165) is 18.2 Å². The van der Waals surface area contributed by atoms with E-state index in [2.05, 4.69) is 9.72 Å². The maximum atomic E-state index is 12.7. The Balaban J connectivity index is 2.52. The zero-order valence-electron chi connectivity index (χ0n) is 11.1. The van der Waals surface area contributed by atoms with Crippen LogP contribution in [0.5, 0.6) is 5.75 Å². The highest BCUT2D eigenvalue weighted by atomic mass is 19.4. The summed E-state index contributed by atoms with van der Waals surface area (Å²) in [4.78, 5) is 14.3. The van der Waals surface area contributed by atoms with Crippen molar-refractivity contribution in [3.63, 3.8) is 0 Å². The summed E-state index contributed by atoms with van der Waals surface area (Å²) in [6.07, 6.45) is -8.96. The average Bonchev–Trinajstić information content (AvgIpc) is 2.44. The molecule has 0 amide bonds. The Hall–Kier alpha value is -2.58. The van der Waals surface area contributed by atoms with Crippen molar-refractivity contribution in [1.29, 1.82) is 0 Å². The van der Waals surface area contributed by atoms with Crippen LogP contribution in [0.2, 0.25) is 0 Å². The zero-order valence-corrected chi connectivity index (χ0v) is 11.1. The van der Waals surface area contributed by atoms with Gasteiger partial charge in [0.1, 0.15) is 11.4 Å². The van der Waals surface area contributed by atoms with Crippen molar-refractivity contribution in [3.05, 3.63) is 47.8 Å². The molecule has 0 bridgehead atoms. The molecule has 2 aromatic rings. The number of benzene rings is 1. The number of halogens is 6. The molecule has 2 rings (SSSR count). The van der Waals surface area contributed by atoms with Crippen LogP contribution in [0.25, 0.3) is 11.1 Å². The van der Waals surface area contributed by atoms with Crippen molar-refractivity contribution in [2.45, 2.75) is 12.5 Å². The number of carbonyl (C=O) groups is 1. The van der Waals surface area contributed by atoms with Gasteiger partial charge >= 0.3 is 12.5 Å². The number of nitrogens with zero attached hydrogens (tertiary/aromatic N) is 1. The summed E-state index contributed by atoms with van der Waals surface area (Å²) in [5.74, 6) is -0.621. The number of carbonyl (C=O) groups excluding carboxylic acids is 1. The van der Waals surface area contributed by atoms with Crippen molar-refractivity contribution in [2.75, 3.05) is 0 Å². The topological polar surface area (TPSA) is 39.2 Å². The van der Waals surface area contributed by atoms with Gasteiger partial charge in [-0.2, -0.15) is 13.2 Å². The molecule has 0 aliphatic heterocycles. The summed E-state index contributed by atoms with van der Waals surface area (Å²) >= 11 is 0. The van der Waals surface area contributed by atoms with Crippen LogP contribution in [0.3, 0.4) is 0 Å². The van der Waals surface area contributed by atoms with Gasteiger partial charge in [-0.05, 0) is 23.8 Å². The van der Waals surface area contributed by atoms with Crippen LogP contribution in [0, 0.1) is 0 Å². The fraction of sp³-hybridized carbons (Fsp3) is 0.143. The van der Waals surface area contributed by atoms with E-state index in [-0.39, 0.29) is 23.1 Å². The first-order valence-electron chi connectivity index (χ1n) is 5.99. The van der Waals surface area contributed by atoms with E-state index in [4.69, 9.17) is 0 Å². The Bertz CT molecular complexity index is 724. The number of aldehydes is 1. The minimum absolute atomic E-state index is 0.0625. The fourth-order valence-electron chi connectivity index (χ4n) is 1.82. The van der Waals surface area contributed by atoms with E-state index in [1.165, 1.54) is 6.07 Å². The Morgan fingerprint density at radius 3 is 2.30 bits per heavy atom. The smallest absolute Gasteiger partial charge is 0.406 e.